The fraction of sp³-hybridized carbons (Fsp3) is 0.0667. The van der Waals surface area contributed by atoms with Gasteiger partial charge in [0.05, 0.1) is 19.4 Å². The molecular formula is C15H12BrClFN3O3S2. The van der Waals surface area contributed by atoms with E-state index in [9.17, 15) is 13.4 Å². The lowest BCUT2D eigenvalue weighted by molar-refractivity contribution is -0.113. The van der Waals surface area contributed by atoms with Gasteiger partial charge in [-0.15, -0.1) is 11.3 Å². The summed E-state index contributed by atoms with van der Waals surface area (Å²) >= 11 is 7.84. The number of carbonyl (C=O) groups excluding carboxylic acids is 1. The highest BCUT2D eigenvalue weighted by Gasteiger charge is 2.14. The van der Waals surface area contributed by atoms with E-state index in [1.165, 1.54) is 36.6 Å². The molecule has 6 nitrogen and oxygen atoms in total. The number of hydrogen-bond acceptors (Lipinski definition) is 4. The first-order valence-electron chi connectivity index (χ1n) is 6.91. The van der Waals surface area contributed by atoms with E-state index in [-0.39, 0.29) is 16.4 Å². The van der Waals surface area contributed by atoms with Gasteiger partial charge in [0.15, 0.2) is 0 Å². The quantitative estimate of drug-likeness (QED) is 0.331. The van der Waals surface area contributed by atoms with E-state index in [1.54, 1.807) is 12.1 Å². The molecule has 2 rings (SSSR count). The van der Waals surface area contributed by atoms with E-state index in [0.29, 0.717) is 10.6 Å². The van der Waals surface area contributed by atoms with Gasteiger partial charge in [-0.05, 0) is 52.3 Å². The first-order chi connectivity index (χ1) is 12.3. The summed E-state index contributed by atoms with van der Waals surface area (Å²) in [5.74, 6) is -1.15. The number of allylic oxidation sites excluding steroid dienone is 1. The van der Waals surface area contributed by atoms with Crippen LogP contribution in [-0.2, 0) is 16.1 Å². The second-order valence-corrected chi connectivity index (χ2v) is 8.22. The highest BCUT2D eigenvalue weighted by atomic mass is 79.9. The summed E-state index contributed by atoms with van der Waals surface area (Å²) in [5.41, 5.74) is 0.531. The molecule has 0 saturated heterocycles. The van der Waals surface area contributed by atoms with E-state index in [1.807, 2.05) is 0 Å². The van der Waals surface area contributed by atoms with Crippen LogP contribution in [0.2, 0.25) is 5.02 Å². The third-order valence-electron chi connectivity index (χ3n) is 2.97. The Morgan fingerprint density at radius 1 is 1.42 bits per heavy atom. The second-order valence-electron chi connectivity index (χ2n) is 4.70. The highest BCUT2D eigenvalue weighted by molar-refractivity contribution is 9.11. The molecule has 0 bridgehead atoms. The Balaban J connectivity index is 2.32. The zero-order valence-electron chi connectivity index (χ0n) is 13.1. The lowest BCUT2D eigenvalue weighted by Crippen LogP contribution is -2.24. The predicted octanol–water partition coefficient (Wildman–Crippen LogP) is 3.97. The van der Waals surface area contributed by atoms with Crippen LogP contribution in [0.25, 0.3) is 0 Å². The molecule has 0 saturated carbocycles. The molecule has 26 heavy (non-hydrogen) atoms. The van der Waals surface area contributed by atoms with Gasteiger partial charge in [-0.2, -0.15) is 4.40 Å². The van der Waals surface area contributed by atoms with Crippen LogP contribution < -0.4 is 10.6 Å². The highest BCUT2D eigenvalue weighted by Crippen LogP contribution is 2.24. The van der Waals surface area contributed by atoms with Crippen LogP contribution in [0.4, 0.5) is 10.1 Å². The number of nitrogens with zero attached hydrogens (tertiary/aromatic N) is 1. The molecule has 0 radical (unpaired) electrons. The topological polar surface area (TPSA) is 90.8 Å². The maximum Gasteiger partial charge on any atom is 0.282 e. The standard InChI is InChI=1S/C15H12BrClFN3O3S2/c1-19-12(15(22)20-8-2-3-10(18)9(17)6-8)7-11(21-26(23)24)13-4-5-14(16)25-13/h2-7,19H,1H3,(H,20,22)(H,23,24)/b12-7-,21-11+. The van der Waals surface area contributed by atoms with Crippen molar-refractivity contribution < 1.29 is 17.9 Å². The van der Waals surface area contributed by atoms with Crippen molar-refractivity contribution in [3.63, 3.8) is 0 Å². The summed E-state index contributed by atoms with van der Waals surface area (Å²) in [7, 11) is 1.51. The van der Waals surface area contributed by atoms with Gasteiger partial charge in [-0.3, -0.25) is 9.35 Å². The molecule has 0 fully saturated rings. The SMILES string of the molecule is CN/C(=C\C(=N/[S@](=O)O)c1ccc(Br)s1)C(=O)Nc1ccc(F)c(Cl)c1. The van der Waals surface area contributed by atoms with Gasteiger partial charge in [0.25, 0.3) is 17.2 Å². The summed E-state index contributed by atoms with van der Waals surface area (Å²) in [4.78, 5) is 13.0. The number of nitrogens with one attached hydrogen (secondary N) is 2. The molecule has 0 spiro atoms. The number of amides is 1. The van der Waals surface area contributed by atoms with E-state index in [0.717, 1.165) is 9.85 Å². The van der Waals surface area contributed by atoms with E-state index < -0.39 is 23.0 Å². The third-order valence-corrected chi connectivity index (χ3v) is 5.26. The van der Waals surface area contributed by atoms with E-state index >= 15 is 0 Å². The largest absolute Gasteiger partial charge is 0.384 e. The molecular weight excluding hydrogens is 469 g/mol. The minimum Gasteiger partial charge on any atom is -0.384 e. The van der Waals surface area contributed by atoms with Crippen LogP contribution in [-0.4, -0.2) is 27.4 Å². The maximum atomic E-state index is 13.2. The number of carbonyl (C=O) groups is 1. The fourth-order valence-electron chi connectivity index (χ4n) is 1.84. The number of rotatable bonds is 6. The Bertz CT molecular complexity index is 917. The van der Waals surface area contributed by atoms with Gasteiger partial charge in [0.1, 0.15) is 11.5 Å². The number of hydrogen-bond donors (Lipinski definition) is 3. The molecule has 0 aliphatic rings. The van der Waals surface area contributed by atoms with Gasteiger partial charge >= 0.3 is 0 Å². The molecule has 1 heterocycles. The third kappa shape index (κ3) is 5.71. The molecule has 138 valence electrons. The smallest absolute Gasteiger partial charge is 0.282 e. The lowest BCUT2D eigenvalue weighted by Gasteiger charge is -2.09. The van der Waals surface area contributed by atoms with Crippen molar-refractivity contribution in [3.8, 4) is 0 Å². The molecule has 1 amide bonds. The van der Waals surface area contributed by atoms with Crippen LogP contribution in [0, 0.1) is 5.82 Å². The van der Waals surface area contributed by atoms with Crippen LogP contribution in [0.15, 0.2) is 50.3 Å². The van der Waals surface area contributed by atoms with Crippen molar-refractivity contribution in [3.05, 3.63) is 61.6 Å². The zero-order chi connectivity index (χ0) is 19.3. The summed E-state index contributed by atoms with van der Waals surface area (Å²) in [6.45, 7) is 0. The van der Waals surface area contributed by atoms with Gasteiger partial charge in [0.2, 0.25) is 0 Å². The zero-order valence-corrected chi connectivity index (χ0v) is 17.1. The number of likely N-dealkylation sites (N-methyl/N-ethyl adjacent to an activating group) is 1. The molecule has 1 aromatic heterocycles. The molecule has 2 aromatic rings. The van der Waals surface area contributed by atoms with Crippen molar-refractivity contribution in [2.24, 2.45) is 4.40 Å². The van der Waals surface area contributed by atoms with Crippen LogP contribution >= 0.6 is 38.9 Å². The number of thiophene rings is 1. The molecule has 1 aromatic carbocycles. The number of halogens is 3. The Morgan fingerprint density at radius 2 is 2.15 bits per heavy atom. The monoisotopic (exact) mass is 479 g/mol. The molecule has 3 N–H and O–H groups in total. The van der Waals surface area contributed by atoms with Crippen LogP contribution in [0.1, 0.15) is 4.88 Å². The first-order valence-corrected chi connectivity index (χ1v) is 9.96. The van der Waals surface area contributed by atoms with E-state index in [4.69, 9.17) is 16.2 Å². The summed E-state index contributed by atoms with van der Waals surface area (Å²) < 4.78 is 37.8. The molecule has 0 aliphatic carbocycles. The lowest BCUT2D eigenvalue weighted by atomic mass is 10.2. The summed E-state index contributed by atoms with van der Waals surface area (Å²) in [6, 6.07) is 7.22. The number of anilines is 1. The fourth-order valence-corrected chi connectivity index (χ4v) is 3.74. The second kappa shape index (κ2) is 9.38. The van der Waals surface area contributed by atoms with Crippen LogP contribution in [0.3, 0.4) is 0 Å². The summed E-state index contributed by atoms with van der Waals surface area (Å²) in [6.07, 6.45) is 1.34. The minimum absolute atomic E-state index is 0.0826. The van der Waals surface area contributed by atoms with Gasteiger partial charge in [-0.25, -0.2) is 8.60 Å². The molecule has 0 unspecified atom stereocenters. The van der Waals surface area contributed by atoms with Gasteiger partial charge in [-0.1, -0.05) is 11.6 Å². The molecule has 11 heteroatoms. The Morgan fingerprint density at radius 3 is 2.69 bits per heavy atom. The van der Waals surface area contributed by atoms with Crippen LogP contribution in [0.5, 0.6) is 0 Å². The molecule has 0 aliphatic heterocycles. The Hall–Kier alpha value is -1.59. The van der Waals surface area contributed by atoms with E-state index in [2.05, 4.69) is 31.0 Å². The predicted molar refractivity (Wildman–Crippen MR) is 107 cm³/mol. The Labute approximate surface area is 168 Å². The van der Waals surface area contributed by atoms with Crippen molar-refractivity contribution in [2.45, 2.75) is 0 Å². The van der Waals surface area contributed by atoms with Gasteiger partial charge in [0, 0.05) is 12.7 Å². The van der Waals surface area contributed by atoms with Crippen molar-refractivity contribution in [1.29, 1.82) is 0 Å². The van der Waals surface area contributed by atoms with Crippen molar-refractivity contribution in [1.82, 2.24) is 5.32 Å². The minimum atomic E-state index is -2.45. The van der Waals surface area contributed by atoms with Crippen molar-refractivity contribution in [2.75, 3.05) is 12.4 Å². The normalized spacial score (nSPS) is 13.4. The summed E-state index contributed by atoms with van der Waals surface area (Å²) in [5, 5.41) is 5.13. The van der Waals surface area contributed by atoms with Crippen molar-refractivity contribution >= 4 is 67.4 Å². The maximum absolute atomic E-state index is 13.2. The average Bonchev–Trinajstić information content (AvgIpc) is 3.00. The average molecular weight is 481 g/mol. The van der Waals surface area contributed by atoms with Gasteiger partial charge < -0.3 is 10.6 Å². The Kier molecular flexibility index (Phi) is 7.47. The number of benzene rings is 1. The molecule has 1 atom stereocenters. The first kappa shape index (κ1) is 20.7.